The number of unbranched alkanes of at least 4 members (excludes halogenated alkanes) is 6. The highest BCUT2D eigenvalue weighted by Gasteiger charge is 2.17. The Hall–Kier alpha value is -3.61. The van der Waals surface area contributed by atoms with Crippen LogP contribution < -0.4 is 15.5 Å². The molecule has 3 rings (SSSR count). The lowest BCUT2D eigenvalue weighted by molar-refractivity contribution is 0.0490. The highest BCUT2D eigenvalue weighted by atomic mass is 16.5. The van der Waals surface area contributed by atoms with Gasteiger partial charge in [0.25, 0.3) is 5.91 Å². The molecule has 0 aliphatic rings. The van der Waals surface area contributed by atoms with Crippen molar-refractivity contribution in [3.8, 4) is 5.75 Å². The van der Waals surface area contributed by atoms with Crippen LogP contribution in [-0.2, 0) is 4.74 Å². The number of para-hydroxylation sites is 1. The largest absolute Gasteiger partial charge is 0.494 e. The van der Waals surface area contributed by atoms with Crippen LogP contribution in [0.25, 0.3) is 11.0 Å². The Morgan fingerprint density at radius 2 is 1.63 bits per heavy atom. The van der Waals surface area contributed by atoms with Gasteiger partial charge >= 0.3 is 5.97 Å². The molecule has 0 bridgehead atoms. The van der Waals surface area contributed by atoms with Crippen LogP contribution in [0.3, 0.4) is 0 Å². The maximum atomic E-state index is 12.8. The number of ether oxygens (including phenoxy) is 2. The van der Waals surface area contributed by atoms with E-state index in [4.69, 9.17) is 13.9 Å². The zero-order valence-corrected chi connectivity index (χ0v) is 20.4. The molecule has 7 nitrogen and oxygen atoms in total. The lowest BCUT2D eigenvalue weighted by Crippen LogP contribution is -2.14. The fraction of sp³-hybridized carbons (Fsp3) is 0.393. The Balaban J connectivity index is 1.61. The number of carbonyl (C=O) groups excluding carboxylic acids is 2. The third kappa shape index (κ3) is 7.44. The summed E-state index contributed by atoms with van der Waals surface area (Å²) < 4.78 is 16.3. The van der Waals surface area contributed by atoms with E-state index < -0.39 is 11.4 Å². The molecule has 7 heteroatoms. The molecular formula is C28H33NO6. The van der Waals surface area contributed by atoms with Crippen LogP contribution >= 0.6 is 0 Å². The van der Waals surface area contributed by atoms with Crippen molar-refractivity contribution in [1.82, 2.24) is 0 Å². The number of hydrogen-bond acceptors (Lipinski definition) is 6. The van der Waals surface area contributed by atoms with E-state index in [1.54, 1.807) is 49.4 Å². The predicted octanol–water partition coefficient (Wildman–Crippen LogP) is 6.35. The monoisotopic (exact) mass is 479 g/mol. The number of fused-ring (bicyclic) bond motifs is 1. The van der Waals surface area contributed by atoms with Crippen molar-refractivity contribution in [1.29, 1.82) is 0 Å². The van der Waals surface area contributed by atoms with Gasteiger partial charge in [0.1, 0.15) is 5.75 Å². The van der Waals surface area contributed by atoms with Crippen molar-refractivity contribution in [2.24, 2.45) is 0 Å². The van der Waals surface area contributed by atoms with Gasteiger partial charge in [-0.05, 0) is 49.7 Å². The van der Waals surface area contributed by atoms with Crippen molar-refractivity contribution in [2.75, 3.05) is 18.5 Å². The molecule has 0 spiro atoms. The molecule has 1 heterocycles. The van der Waals surface area contributed by atoms with Gasteiger partial charge in [0, 0.05) is 11.6 Å². The molecule has 0 fully saturated rings. The summed E-state index contributed by atoms with van der Waals surface area (Å²) in [5.74, 6) is -0.615. The van der Waals surface area contributed by atoms with Crippen LogP contribution in [0.4, 0.5) is 5.69 Å². The van der Waals surface area contributed by atoms with Gasteiger partial charge in [0.15, 0.2) is 11.0 Å². The summed E-state index contributed by atoms with van der Waals surface area (Å²) in [5, 5.41) is 3.02. The molecule has 1 aromatic heterocycles. The summed E-state index contributed by atoms with van der Waals surface area (Å²) in [5.41, 5.74) is 0.433. The maximum Gasteiger partial charge on any atom is 0.374 e. The first-order chi connectivity index (χ1) is 17.0. The smallest absolute Gasteiger partial charge is 0.374 e. The van der Waals surface area contributed by atoms with E-state index in [-0.39, 0.29) is 34.9 Å². The van der Waals surface area contributed by atoms with Crippen molar-refractivity contribution in [2.45, 2.75) is 58.8 Å². The fourth-order valence-electron chi connectivity index (χ4n) is 3.72. The minimum absolute atomic E-state index is 0.117. The number of amides is 1. The number of rotatable bonds is 13. The minimum atomic E-state index is -0.736. The number of benzene rings is 2. The molecule has 0 saturated heterocycles. The van der Waals surface area contributed by atoms with E-state index in [0.29, 0.717) is 17.9 Å². The van der Waals surface area contributed by atoms with Gasteiger partial charge in [-0.2, -0.15) is 0 Å². The predicted molar refractivity (Wildman–Crippen MR) is 136 cm³/mol. The number of anilines is 1. The lowest BCUT2D eigenvalue weighted by atomic mass is 10.1. The topological polar surface area (TPSA) is 94.8 Å². The normalized spacial score (nSPS) is 10.8. The van der Waals surface area contributed by atoms with Crippen LogP contribution in [0.2, 0.25) is 0 Å². The van der Waals surface area contributed by atoms with E-state index in [1.165, 1.54) is 32.1 Å². The molecule has 35 heavy (non-hydrogen) atoms. The number of carbonyl (C=O) groups is 2. The average Bonchev–Trinajstić information content (AvgIpc) is 2.86. The Kier molecular flexibility index (Phi) is 9.90. The highest BCUT2D eigenvalue weighted by molar-refractivity contribution is 6.08. The van der Waals surface area contributed by atoms with Gasteiger partial charge in [-0.15, -0.1) is 0 Å². The lowest BCUT2D eigenvalue weighted by Gasteiger charge is -2.10. The summed E-state index contributed by atoms with van der Waals surface area (Å²) >= 11 is 0. The molecule has 0 aliphatic heterocycles. The molecule has 186 valence electrons. The van der Waals surface area contributed by atoms with Crippen LogP contribution in [0.15, 0.2) is 57.7 Å². The standard InChI is InChI=1S/C28H33NO6/c1-3-5-6-7-8-9-10-18-34-21-16-14-20(15-17-21)27(31)29-23-13-11-12-22-24(30)19-25(35-26(22)23)28(32)33-4-2/h11-17,19H,3-10,18H2,1-2H3,(H,29,31). The van der Waals surface area contributed by atoms with Crippen LogP contribution in [0.5, 0.6) is 5.75 Å². The Bertz CT molecular complexity index is 1180. The van der Waals surface area contributed by atoms with Crippen LogP contribution in [0.1, 0.15) is 79.7 Å². The number of esters is 1. The second-order valence-corrected chi connectivity index (χ2v) is 8.33. The summed E-state index contributed by atoms with van der Waals surface area (Å²) in [6, 6.07) is 12.8. The molecule has 1 N–H and O–H groups in total. The molecule has 3 aromatic rings. The summed E-state index contributed by atoms with van der Waals surface area (Å²) in [6.45, 7) is 4.68. The first-order valence-electron chi connectivity index (χ1n) is 12.3. The third-order valence-electron chi connectivity index (χ3n) is 5.61. The second-order valence-electron chi connectivity index (χ2n) is 8.33. The summed E-state index contributed by atoms with van der Waals surface area (Å²) in [6.07, 6.45) is 8.54. The number of nitrogens with one attached hydrogen (secondary N) is 1. The first-order valence-corrected chi connectivity index (χ1v) is 12.3. The molecular weight excluding hydrogens is 446 g/mol. The van der Waals surface area contributed by atoms with E-state index in [0.717, 1.165) is 18.9 Å². The molecule has 0 unspecified atom stereocenters. The van der Waals surface area contributed by atoms with Gasteiger partial charge < -0.3 is 19.2 Å². The van der Waals surface area contributed by atoms with E-state index in [2.05, 4.69) is 12.2 Å². The van der Waals surface area contributed by atoms with E-state index >= 15 is 0 Å². The van der Waals surface area contributed by atoms with Crippen LogP contribution in [-0.4, -0.2) is 25.1 Å². The van der Waals surface area contributed by atoms with Crippen molar-refractivity contribution >= 4 is 28.5 Å². The first kappa shape index (κ1) is 26.0. The summed E-state index contributed by atoms with van der Waals surface area (Å²) in [7, 11) is 0. The Labute approximate surface area is 205 Å². The molecule has 0 atom stereocenters. The van der Waals surface area contributed by atoms with Crippen molar-refractivity contribution in [3.05, 3.63) is 70.1 Å². The number of hydrogen-bond donors (Lipinski definition) is 1. The van der Waals surface area contributed by atoms with E-state index in [9.17, 15) is 14.4 Å². The highest BCUT2D eigenvalue weighted by Crippen LogP contribution is 2.24. The zero-order valence-electron chi connectivity index (χ0n) is 20.4. The molecule has 0 radical (unpaired) electrons. The van der Waals surface area contributed by atoms with E-state index in [1.807, 2.05) is 0 Å². The van der Waals surface area contributed by atoms with Gasteiger partial charge in [-0.3, -0.25) is 9.59 Å². The second kappa shape index (κ2) is 13.3. The van der Waals surface area contributed by atoms with Gasteiger partial charge in [0.05, 0.1) is 24.3 Å². The maximum absolute atomic E-state index is 12.8. The molecule has 0 saturated carbocycles. The quantitative estimate of drug-likeness (QED) is 0.227. The van der Waals surface area contributed by atoms with Gasteiger partial charge in [-0.25, -0.2) is 4.79 Å². The SMILES string of the molecule is CCCCCCCCCOc1ccc(C(=O)Nc2cccc3c(=O)cc(C(=O)OCC)oc23)cc1. The van der Waals surface area contributed by atoms with Gasteiger partial charge in [-0.1, -0.05) is 51.5 Å². The third-order valence-corrected chi connectivity index (χ3v) is 5.61. The van der Waals surface area contributed by atoms with Gasteiger partial charge in [0.2, 0.25) is 5.76 Å². The fourth-order valence-corrected chi connectivity index (χ4v) is 3.72. The minimum Gasteiger partial charge on any atom is -0.494 e. The Morgan fingerprint density at radius 3 is 2.34 bits per heavy atom. The zero-order chi connectivity index (χ0) is 25.0. The summed E-state index contributed by atoms with van der Waals surface area (Å²) in [4.78, 5) is 37.3. The average molecular weight is 480 g/mol. The molecule has 1 amide bonds. The van der Waals surface area contributed by atoms with Crippen LogP contribution in [0, 0.1) is 0 Å². The Morgan fingerprint density at radius 1 is 0.914 bits per heavy atom. The van der Waals surface area contributed by atoms with Crippen molar-refractivity contribution < 1.29 is 23.5 Å². The molecule has 0 aliphatic carbocycles. The molecule has 2 aromatic carbocycles. The van der Waals surface area contributed by atoms with Crippen molar-refractivity contribution in [3.63, 3.8) is 0 Å².